The van der Waals surface area contributed by atoms with Gasteiger partial charge in [-0.05, 0) is 18.4 Å². The molecule has 1 unspecified atom stereocenters. The van der Waals surface area contributed by atoms with Gasteiger partial charge in [-0.25, -0.2) is 17.9 Å². The number of ether oxygens (including phenoxy) is 2. The summed E-state index contributed by atoms with van der Waals surface area (Å²) >= 11 is 1.02. The summed E-state index contributed by atoms with van der Waals surface area (Å²) in [4.78, 5) is 11.4. The van der Waals surface area contributed by atoms with Crippen molar-refractivity contribution >= 4 is 27.3 Å². The fourth-order valence-corrected chi connectivity index (χ4v) is 3.93. The molecule has 0 aliphatic heterocycles. The number of methoxy groups -OCH3 is 2. The van der Waals surface area contributed by atoms with Gasteiger partial charge in [0.2, 0.25) is 10.0 Å². The average molecular weight is 293 g/mol. The average Bonchev–Trinajstić information content (AvgIpc) is 2.77. The number of thiophene rings is 1. The summed E-state index contributed by atoms with van der Waals surface area (Å²) in [6, 6.07) is 0.990. The molecule has 1 aromatic heterocycles. The van der Waals surface area contributed by atoms with Crippen LogP contribution in [0.5, 0.6) is 0 Å². The number of nitrogens with one attached hydrogen (secondary N) is 1. The van der Waals surface area contributed by atoms with E-state index in [1.165, 1.54) is 25.7 Å². The molecule has 0 fully saturated rings. The summed E-state index contributed by atoms with van der Waals surface area (Å²) < 4.78 is 35.9. The van der Waals surface area contributed by atoms with Crippen LogP contribution in [0.1, 0.15) is 16.6 Å². The molecule has 1 atom stereocenters. The van der Waals surface area contributed by atoms with E-state index in [1.807, 2.05) is 0 Å². The van der Waals surface area contributed by atoms with Gasteiger partial charge in [0.15, 0.2) is 0 Å². The van der Waals surface area contributed by atoms with E-state index in [2.05, 4.69) is 9.46 Å². The maximum Gasteiger partial charge on any atom is 0.349 e. The number of carbonyl (C=O) groups excluding carboxylic acids is 1. The maximum absolute atomic E-state index is 12.1. The largest absolute Gasteiger partial charge is 0.465 e. The lowest BCUT2D eigenvalue weighted by Crippen LogP contribution is -2.36. The Hall–Kier alpha value is -0.960. The fraction of sp³-hybridized carbons (Fsp3) is 0.500. The second kappa shape index (κ2) is 6.28. The topological polar surface area (TPSA) is 81.7 Å². The van der Waals surface area contributed by atoms with Crippen LogP contribution in [0.2, 0.25) is 0 Å². The van der Waals surface area contributed by atoms with Crippen molar-refractivity contribution in [2.75, 3.05) is 20.8 Å². The molecule has 0 bridgehead atoms. The summed E-state index contributed by atoms with van der Waals surface area (Å²) in [5, 5.41) is 1.53. The van der Waals surface area contributed by atoms with Crippen LogP contribution in [-0.2, 0) is 19.5 Å². The molecule has 102 valence electrons. The molecule has 0 saturated heterocycles. The van der Waals surface area contributed by atoms with Crippen LogP contribution in [0, 0.1) is 0 Å². The highest BCUT2D eigenvalue weighted by atomic mass is 32.2. The monoisotopic (exact) mass is 293 g/mol. The predicted molar refractivity (Wildman–Crippen MR) is 67.3 cm³/mol. The Morgan fingerprint density at radius 2 is 2.17 bits per heavy atom. The summed E-state index contributed by atoms with van der Waals surface area (Å²) in [5.41, 5.74) is 0. The quantitative estimate of drug-likeness (QED) is 0.786. The molecule has 0 aromatic carbocycles. The predicted octanol–water partition coefficient (Wildman–Crippen LogP) is 0.848. The Labute approximate surface area is 110 Å². The number of hydrogen-bond acceptors (Lipinski definition) is 6. The van der Waals surface area contributed by atoms with Gasteiger partial charge in [-0.15, -0.1) is 11.3 Å². The lowest BCUT2D eigenvalue weighted by Gasteiger charge is -2.13. The fourth-order valence-electron chi connectivity index (χ4n) is 1.36. The van der Waals surface area contributed by atoms with E-state index in [4.69, 9.17) is 4.74 Å². The SMILES string of the molecule is COCC(C)NS(=O)(=O)c1ccsc1C(=O)OC. The van der Waals surface area contributed by atoms with Crippen LogP contribution in [0.25, 0.3) is 0 Å². The molecule has 0 aliphatic carbocycles. The number of sulfonamides is 1. The highest BCUT2D eigenvalue weighted by Crippen LogP contribution is 2.22. The van der Waals surface area contributed by atoms with Gasteiger partial charge in [-0.1, -0.05) is 0 Å². The molecule has 18 heavy (non-hydrogen) atoms. The minimum Gasteiger partial charge on any atom is -0.465 e. The van der Waals surface area contributed by atoms with Gasteiger partial charge >= 0.3 is 5.97 Å². The molecule has 8 heteroatoms. The van der Waals surface area contributed by atoms with Gasteiger partial charge in [0.05, 0.1) is 13.7 Å². The van der Waals surface area contributed by atoms with Gasteiger partial charge in [-0.3, -0.25) is 0 Å². The van der Waals surface area contributed by atoms with Crippen molar-refractivity contribution in [3.8, 4) is 0 Å². The summed E-state index contributed by atoms with van der Waals surface area (Å²) in [6.07, 6.45) is 0. The number of esters is 1. The molecule has 0 amide bonds. The van der Waals surface area contributed by atoms with Gasteiger partial charge in [0.1, 0.15) is 9.77 Å². The summed E-state index contributed by atoms with van der Waals surface area (Å²) in [5.74, 6) is -0.662. The molecule has 1 heterocycles. The van der Waals surface area contributed by atoms with E-state index in [-0.39, 0.29) is 22.4 Å². The first-order valence-electron chi connectivity index (χ1n) is 5.09. The van der Waals surface area contributed by atoms with E-state index < -0.39 is 16.0 Å². The van der Waals surface area contributed by atoms with E-state index in [0.717, 1.165) is 11.3 Å². The van der Waals surface area contributed by atoms with Crippen LogP contribution >= 0.6 is 11.3 Å². The van der Waals surface area contributed by atoms with Crippen molar-refractivity contribution in [3.63, 3.8) is 0 Å². The molecule has 0 spiro atoms. The normalized spacial score (nSPS) is 13.3. The zero-order valence-electron chi connectivity index (χ0n) is 10.3. The van der Waals surface area contributed by atoms with Crippen LogP contribution in [-0.4, -0.2) is 41.3 Å². The lowest BCUT2D eigenvalue weighted by molar-refractivity contribution is 0.0602. The third-order valence-corrected chi connectivity index (χ3v) is 4.72. The molecule has 0 radical (unpaired) electrons. The number of rotatable bonds is 6. The van der Waals surface area contributed by atoms with Crippen molar-refractivity contribution in [2.24, 2.45) is 0 Å². The Kier molecular flexibility index (Phi) is 5.27. The molecule has 1 N–H and O–H groups in total. The minimum absolute atomic E-state index is 0.0645. The molecule has 0 aliphatic rings. The van der Waals surface area contributed by atoms with E-state index in [9.17, 15) is 13.2 Å². The molecule has 0 saturated carbocycles. The Morgan fingerprint density at radius 3 is 2.72 bits per heavy atom. The maximum atomic E-state index is 12.1. The van der Waals surface area contributed by atoms with Gasteiger partial charge < -0.3 is 9.47 Å². The Balaban J connectivity index is 2.99. The molecular weight excluding hydrogens is 278 g/mol. The highest BCUT2D eigenvalue weighted by molar-refractivity contribution is 7.89. The third kappa shape index (κ3) is 3.52. The first kappa shape index (κ1) is 15.1. The van der Waals surface area contributed by atoms with Crippen LogP contribution < -0.4 is 4.72 Å². The van der Waals surface area contributed by atoms with Gasteiger partial charge in [0.25, 0.3) is 0 Å². The molecular formula is C10H15NO5S2. The lowest BCUT2D eigenvalue weighted by atomic mass is 10.4. The minimum atomic E-state index is -3.74. The molecule has 1 aromatic rings. The number of hydrogen-bond donors (Lipinski definition) is 1. The highest BCUT2D eigenvalue weighted by Gasteiger charge is 2.25. The smallest absolute Gasteiger partial charge is 0.349 e. The molecule has 1 rings (SSSR count). The molecule has 6 nitrogen and oxygen atoms in total. The van der Waals surface area contributed by atoms with Crippen LogP contribution in [0.3, 0.4) is 0 Å². The van der Waals surface area contributed by atoms with Crippen molar-refractivity contribution in [2.45, 2.75) is 17.9 Å². The first-order chi connectivity index (χ1) is 8.42. The Bertz CT molecular complexity index is 508. The van der Waals surface area contributed by atoms with Crippen molar-refractivity contribution in [3.05, 3.63) is 16.3 Å². The van der Waals surface area contributed by atoms with E-state index >= 15 is 0 Å². The second-order valence-electron chi connectivity index (χ2n) is 3.58. The van der Waals surface area contributed by atoms with Crippen molar-refractivity contribution in [1.29, 1.82) is 0 Å². The number of carbonyl (C=O) groups is 1. The summed E-state index contributed by atoms with van der Waals surface area (Å²) in [7, 11) is -1.06. The van der Waals surface area contributed by atoms with Crippen LogP contribution in [0.15, 0.2) is 16.3 Å². The summed E-state index contributed by atoms with van der Waals surface area (Å²) in [6.45, 7) is 1.92. The van der Waals surface area contributed by atoms with Crippen molar-refractivity contribution < 1.29 is 22.7 Å². The van der Waals surface area contributed by atoms with E-state index in [1.54, 1.807) is 6.92 Å². The zero-order valence-corrected chi connectivity index (χ0v) is 11.9. The van der Waals surface area contributed by atoms with Crippen LogP contribution in [0.4, 0.5) is 0 Å². The van der Waals surface area contributed by atoms with Crippen molar-refractivity contribution in [1.82, 2.24) is 4.72 Å². The van der Waals surface area contributed by atoms with Gasteiger partial charge in [-0.2, -0.15) is 0 Å². The zero-order chi connectivity index (χ0) is 13.8. The second-order valence-corrected chi connectivity index (χ2v) is 6.18. The standard InChI is InChI=1S/C10H15NO5S2/c1-7(6-15-2)11-18(13,14)8-4-5-17-9(8)10(12)16-3/h4-5,7,11H,6H2,1-3H3. The van der Waals surface area contributed by atoms with E-state index in [0.29, 0.717) is 0 Å². The first-order valence-corrected chi connectivity index (χ1v) is 7.45. The van der Waals surface area contributed by atoms with Gasteiger partial charge in [0, 0.05) is 13.2 Å². The Morgan fingerprint density at radius 1 is 1.50 bits per heavy atom. The third-order valence-electron chi connectivity index (χ3n) is 2.06.